The summed E-state index contributed by atoms with van der Waals surface area (Å²) in [4.78, 5) is 29.8. The van der Waals surface area contributed by atoms with E-state index in [4.69, 9.17) is 16.9 Å². The van der Waals surface area contributed by atoms with E-state index in [1.165, 1.54) is 17.4 Å². The highest BCUT2D eigenvalue weighted by atomic mass is 35.5. The third kappa shape index (κ3) is 3.55. The maximum atomic E-state index is 12.1. The molecule has 0 unspecified atom stereocenters. The number of thiazole rings is 1. The normalized spacial score (nSPS) is 13.8. The van der Waals surface area contributed by atoms with E-state index in [1.54, 1.807) is 22.4 Å². The molecule has 6 nitrogen and oxygen atoms in total. The van der Waals surface area contributed by atoms with Crippen molar-refractivity contribution >= 4 is 45.6 Å². The quantitative estimate of drug-likeness (QED) is 0.908. The van der Waals surface area contributed by atoms with Crippen LogP contribution >= 0.6 is 22.9 Å². The second-order valence-electron chi connectivity index (χ2n) is 5.30. The molecule has 0 radical (unpaired) electrons. The number of hydrogen-bond donors (Lipinski definition) is 1. The Kier molecular flexibility index (Phi) is 4.79. The molecular formula is C16H13ClN4O2S. The lowest BCUT2D eigenvalue weighted by Gasteiger charge is -2.10. The molecule has 1 N–H and O–H groups in total. The molecule has 1 saturated heterocycles. The van der Waals surface area contributed by atoms with Crippen molar-refractivity contribution in [2.45, 2.75) is 19.3 Å². The smallest absolute Gasteiger partial charge is 0.230 e. The first kappa shape index (κ1) is 16.4. The molecule has 0 atom stereocenters. The number of halogens is 1. The Morgan fingerprint density at radius 3 is 3.00 bits per heavy atom. The van der Waals surface area contributed by atoms with Gasteiger partial charge in [-0.05, 0) is 24.6 Å². The van der Waals surface area contributed by atoms with Gasteiger partial charge in [0.1, 0.15) is 6.07 Å². The van der Waals surface area contributed by atoms with Gasteiger partial charge in [-0.1, -0.05) is 11.6 Å². The van der Waals surface area contributed by atoms with Gasteiger partial charge < -0.3 is 5.32 Å². The second-order valence-corrected chi connectivity index (χ2v) is 6.55. The van der Waals surface area contributed by atoms with Crippen molar-refractivity contribution in [3.8, 4) is 6.07 Å². The zero-order valence-corrected chi connectivity index (χ0v) is 14.2. The van der Waals surface area contributed by atoms with E-state index in [1.807, 2.05) is 6.07 Å². The molecule has 0 aliphatic carbocycles. The van der Waals surface area contributed by atoms with Crippen LogP contribution in [0.15, 0.2) is 23.6 Å². The first-order valence-corrected chi connectivity index (χ1v) is 8.57. The molecule has 1 aromatic carbocycles. The average Bonchev–Trinajstić information content (AvgIpc) is 3.16. The molecule has 1 aromatic heterocycles. The number of aromatic nitrogens is 1. The minimum absolute atomic E-state index is 0.0765. The third-order valence-corrected chi connectivity index (χ3v) is 4.78. The van der Waals surface area contributed by atoms with Gasteiger partial charge in [-0.15, -0.1) is 11.3 Å². The molecule has 0 spiro atoms. The molecule has 1 aliphatic heterocycles. The fraction of sp³-hybridized carbons (Fsp3) is 0.250. The molecule has 2 amide bonds. The molecule has 3 rings (SSSR count). The number of carbonyl (C=O) groups excluding carboxylic acids is 2. The highest BCUT2D eigenvalue weighted by Crippen LogP contribution is 2.26. The molecule has 1 aliphatic rings. The van der Waals surface area contributed by atoms with E-state index in [0.29, 0.717) is 40.1 Å². The van der Waals surface area contributed by atoms with Gasteiger partial charge in [-0.3, -0.25) is 14.5 Å². The lowest BCUT2D eigenvalue weighted by Crippen LogP contribution is -2.23. The highest BCUT2D eigenvalue weighted by molar-refractivity contribution is 7.14. The van der Waals surface area contributed by atoms with E-state index in [2.05, 4.69) is 10.3 Å². The standard InChI is InChI=1S/C16H13ClN4O2S/c17-13-6-11(4-3-10(13)8-18)19-14(22)7-12-9-24-16(20-12)21-5-1-2-15(21)23/h3-4,6,9H,1-2,5,7H2,(H,19,22). The van der Waals surface area contributed by atoms with Gasteiger partial charge in [-0.2, -0.15) is 5.26 Å². The van der Waals surface area contributed by atoms with Crippen LogP contribution in [-0.2, 0) is 16.0 Å². The zero-order valence-electron chi connectivity index (χ0n) is 12.6. The average molecular weight is 361 g/mol. The van der Waals surface area contributed by atoms with Crippen LogP contribution in [0.4, 0.5) is 10.8 Å². The van der Waals surface area contributed by atoms with E-state index in [9.17, 15) is 9.59 Å². The van der Waals surface area contributed by atoms with Crippen LogP contribution < -0.4 is 10.2 Å². The lowest BCUT2D eigenvalue weighted by atomic mass is 10.2. The SMILES string of the molecule is N#Cc1ccc(NC(=O)Cc2csc(N3CCCC3=O)n2)cc1Cl. The number of benzene rings is 1. The third-order valence-electron chi connectivity index (χ3n) is 3.56. The van der Waals surface area contributed by atoms with Gasteiger partial charge in [-0.25, -0.2) is 4.98 Å². The van der Waals surface area contributed by atoms with Crippen LogP contribution in [0.3, 0.4) is 0 Å². The van der Waals surface area contributed by atoms with Crippen LogP contribution in [0.1, 0.15) is 24.1 Å². The number of carbonyl (C=O) groups is 2. The van der Waals surface area contributed by atoms with Gasteiger partial charge in [0, 0.05) is 24.0 Å². The Labute approximate surface area is 147 Å². The van der Waals surface area contributed by atoms with Crippen LogP contribution in [0.25, 0.3) is 0 Å². The van der Waals surface area contributed by atoms with Crippen molar-refractivity contribution in [2.24, 2.45) is 0 Å². The first-order valence-electron chi connectivity index (χ1n) is 7.31. The van der Waals surface area contributed by atoms with E-state index >= 15 is 0 Å². The minimum atomic E-state index is -0.236. The summed E-state index contributed by atoms with van der Waals surface area (Å²) >= 11 is 7.30. The molecule has 1 fully saturated rings. The van der Waals surface area contributed by atoms with Crippen LogP contribution in [-0.4, -0.2) is 23.3 Å². The Morgan fingerprint density at radius 2 is 2.33 bits per heavy atom. The number of amides is 2. The Morgan fingerprint density at radius 1 is 1.50 bits per heavy atom. The molecule has 2 aromatic rings. The van der Waals surface area contributed by atoms with Crippen molar-refractivity contribution < 1.29 is 9.59 Å². The number of hydrogen-bond acceptors (Lipinski definition) is 5. The van der Waals surface area contributed by atoms with Gasteiger partial charge in [0.15, 0.2) is 5.13 Å². The molecule has 2 heterocycles. The molecular weight excluding hydrogens is 348 g/mol. The minimum Gasteiger partial charge on any atom is -0.326 e. The highest BCUT2D eigenvalue weighted by Gasteiger charge is 2.24. The van der Waals surface area contributed by atoms with E-state index in [0.717, 1.165) is 6.42 Å². The van der Waals surface area contributed by atoms with Crippen molar-refractivity contribution in [1.82, 2.24) is 4.98 Å². The number of nitrogens with zero attached hydrogens (tertiary/aromatic N) is 3. The summed E-state index contributed by atoms with van der Waals surface area (Å²) in [6.45, 7) is 0.682. The number of rotatable bonds is 4. The zero-order chi connectivity index (χ0) is 17.1. The van der Waals surface area contributed by atoms with Crippen molar-refractivity contribution in [3.63, 3.8) is 0 Å². The fourth-order valence-electron chi connectivity index (χ4n) is 2.41. The van der Waals surface area contributed by atoms with E-state index in [-0.39, 0.29) is 18.2 Å². The van der Waals surface area contributed by atoms with Crippen molar-refractivity contribution in [2.75, 3.05) is 16.8 Å². The van der Waals surface area contributed by atoms with Gasteiger partial charge in [0.2, 0.25) is 11.8 Å². The van der Waals surface area contributed by atoms with Crippen LogP contribution in [0.2, 0.25) is 5.02 Å². The Balaban J connectivity index is 1.63. The Hall–Kier alpha value is -2.43. The van der Waals surface area contributed by atoms with Crippen LogP contribution in [0, 0.1) is 11.3 Å². The van der Waals surface area contributed by atoms with Crippen molar-refractivity contribution in [3.05, 3.63) is 39.9 Å². The predicted molar refractivity (Wildman–Crippen MR) is 92.2 cm³/mol. The molecule has 0 saturated carbocycles. The summed E-state index contributed by atoms with van der Waals surface area (Å²) in [6.07, 6.45) is 1.50. The summed E-state index contributed by atoms with van der Waals surface area (Å²) in [7, 11) is 0. The topological polar surface area (TPSA) is 86.1 Å². The van der Waals surface area contributed by atoms with Crippen LogP contribution in [0.5, 0.6) is 0 Å². The van der Waals surface area contributed by atoms with E-state index < -0.39 is 0 Å². The summed E-state index contributed by atoms with van der Waals surface area (Å²) < 4.78 is 0. The summed E-state index contributed by atoms with van der Waals surface area (Å²) in [5.41, 5.74) is 1.50. The van der Waals surface area contributed by atoms with Crippen molar-refractivity contribution in [1.29, 1.82) is 5.26 Å². The number of nitriles is 1. The summed E-state index contributed by atoms with van der Waals surface area (Å²) in [5.74, 6) is -0.159. The maximum Gasteiger partial charge on any atom is 0.230 e. The number of nitrogens with one attached hydrogen (secondary N) is 1. The van der Waals surface area contributed by atoms with Gasteiger partial charge in [0.05, 0.1) is 22.7 Å². The summed E-state index contributed by atoms with van der Waals surface area (Å²) in [5, 5.41) is 14.3. The van der Waals surface area contributed by atoms with Gasteiger partial charge in [0.25, 0.3) is 0 Å². The predicted octanol–water partition coefficient (Wildman–Crippen LogP) is 2.98. The molecule has 122 valence electrons. The second kappa shape index (κ2) is 6.99. The lowest BCUT2D eigenvalue weighted by molar-refractivity contribution is -0.117. The molecule has 24 heavy (non-hydrogen) atoms. The van der Waals surface area contributed by atoms with Gasteiger partial charge >= 0.3 is 0 Å². The summed E-state index contributed by atoms with van der Waals surface area (Å²) in [6, 6.07) is 6.67. The largest absolute Gasteiger partial charge is 0.326 e. The Bertz CT molecular complexity index is 843. The first-order chi connectivity index (χ1) is 11.6. The molecule has 0 bridgehead atoms. The molecule has 8 heteroatoms. The maximum absolute atomic E-state index is 12.1. The monoisotopic (exact) mass is 360 g/mol. The number of anilines is 2. The fourth-order valence-corrected chi connectivity index (χ4v) is 3.50.